The molecule has 0 aliphatic carbocycles. The molecule has 0 radical (unpaired) electrons. The second-order valence-corrected chi connectivity index (χ2v) is 13.8. The highest BCUT2D eigenvalue weighted by molar-refractivity contribution is 6.15. The van der Waals surface area contributed by atoms with Gasteiger partial charge >= 0.3 is 0 Å². The smallest absolute Gasteiger partial charge is 0.136 e. The lowest BCUT2D eigenvalue weighted by Crippen LogP contribution is -2.09. The summed E-state index contributed by atoms with van der Waals surface area (Å²) in [5.41, 5.74) is 13.5. The fourth-order valence-electron chi connectivity index (χ4n) is 8.03. The Hall–Kier alpha value is -6.90. The van der Waals surface area contributed by atoms with Gasteiger partial charge in [-0.3, -0.25) is 0 Å². The normalized spacial score (nSPS) is 11.5. The van der Waals surface area contributed by atoms with Gasteiger partial charge in [0.05, 0.1) is 0 Å². The SMILES string of the molecule is Cc1cccc2oc3cccc(-c4ccc(N(c5ccc(-c6ccccc6)cc5)c5ccc(-c6cc7ccccc7c7ccccc67)cc5)cc4)c3c12. The summed E-state index contributed by atoms with van der Waals surface area (Å²) >= 11 is 0. The van der Waals surface area contributed by atoms with Gasteiger partial charge in [0, 0.05) is 27.8 Å². The minimum atomic E-state index is 0.912. The van der Waals surface area contributed by atoms with Gasteiger partial charge in [-0.1, -0.05) is 140 Å². The maximum absolute atomic E-state index is 6.29. The molecule has 0 saturated heterocycles. The lowest BCUT2D eigenvalue weighted by molar-refractivity contribution is 0.669. The Morgan fingerprint density at radius 2 is 0.868 bits per heavy atom. The Labute approximate surface area is 308 Å². The van der Waals surface area contributed by atoms with Crippen LogP contribution in [0.15, 0.2) is 199 Å². The van der Waals surface area contributed by atoms with Crippen molar-refractivity contribution in [3.8, 4) is 33.4 Å². The van der Waals surface area contributed by atoms with E-state index in [1.807, 2.05) is 0 Å². The van der Waals surface area contributed by atoms with Crippen LogP contribution < -0.4 is 4.90 Å². The molecule has 0 aliphatic rings. The van der Waals surface area contributed by atoms with Crippen LogP contribution in [0.4, 0.5) is 17.1 Å². The fourth-order valence-corrected chi connectivity index (χ4v) is 8.03. The number of hydrogen-bond acceptors (Lipinski definition) is 2. The first kappa shape index (κ1) is 30.9. The first-order valence-electron chi connectivity index (χ1n) is 18.2. The molecule has 53 heavy (non-hydrogen) atoms. The first-order chi connectivity index (χ1) is 26.2. The number of aryl methyl sites for hydroxylation is 1. The third-order valence-corrected chi connectivity index (χ3v) is 10.6. The largest absolute Gasteiger partial charge is 0.456 e. The lowest BCUT2D eigenvalue weighted by Gasteiger charge is -2.26. The van der Waals surface area contributed by atoms with Crippen molar-refractivity contribution in [3.05, 3.63) is 200 Å². The van der Waals surface area contributed by atoms with Crippen molar-refractivity contribution < 1.29 is 4.42 Å². The van der Waals surface area contributed by atoms with Crippen LogP contribution in [0.5, 0.6) is 0 Å². The van der Waals surface area contributed by atoms with E-state index in [-0.39, 0.29) is 0 Å². The minimum absolute atomic E-state index is 0.912. The van der Waals surface area contributed by atoms with Crippen molar-refractivity contribution in [1.29, 1.82) is 0 Å². The molecule has 0 spiro atoms. The number of rotatable bonds is 6. The monoisotopic (exact) mass is 677 g/mol. The number of hydrogen-bond donors (Lipinski definition) is 0. The molecule has 0 fully saturated rings. The predicted molar refractivity (Wildman–Crippen MR) is 224 cm³/mol. The summed E-state index contributed by atoms with van der Waals surface area (Å²) in [5, 5.41) is 7.42. The summed E-state index contributed by atoms with van der Waals surface area (Å²) in [5.74, 6) is 0. The number of furan rings is 1. The molecule has 0 bridgehead atoms. The number of benzene rings is 9. The molecule has 9 aromatic carbocycles. The molecular weight excluding hydrogens is 643 g/mol. The van der Waals surface area contributed by atoms with Crippen molar-refractivity contribution >= 4 is 60.5 Å². The fraction of sp³-hybridized carbons (Fsp3) is 0.0196. The predicted octanol–water partition coefficient (Wildman–Crippen LogP) is 14.7. The van der Waals surface area contributed by atoms with Crippen molar-refractivity contribution in [2.45, 2.75) is 6.92 Å². The molecule has 250 valence electrons. The molecule has 10 aromatic rings. The van der Waals surface area contributed by atoms with E-state index < -0.39 is 0 Å². The summed E-state index contributed by atoms with van der Waals surface area (Å²) < 4.78 is 6.29. The molecule has 2 nitrogen and oxygen atoms in total. The van der Waals surface area contributed by atoms with Gasteiger partial charge in [-0.05, 0) is 122 Å². The van der Waals surface area contributed by atoms with E-state index in [0.717, 1.165) is 33.8 Å². The van der Waals surface area contributed by atoms with Crippen molar-refractivity contribution in [2.24, 2.45) is 0 Å². The van der Waals surface area contributed by atoms with Crippen LogP contribution in [0, 0.1) is 6.92 Å². The summed E-state index contributed by atoms with van der Waals surface area (Å²) in [6, 6.07) is 69.8. The van der Waals surface area contributed by atoms with E-state index in [9.17, 15) is 0 Å². The highest BCUT2D eigenvalue weighted by Crippen LogP contribution is 2.42. The topological polar surface area (TPSA) is 16.4 Å². The molecule has 1 aromatic heterocycles. The average Bonchev–Trinajstić information content (AvgIpc) is 3.62. The molecular formula is C51H35NO. The first-order valence-corrected chi connectivity index (χ1v) is 18.2. The van der Waals surface area contributed by atoms with Crippen LogP contribution in [0.2, 0.25) is 0 Å². The van der Waals surface area contributed by atoms with Gasteiger partial charge in [-0.25, -0.2) is 0 Å². The van der Waals surface area contributed by atoms with E-state index in [1.54, 1.807) is 0 Å². The maximum Gasteiger partial charge on any atom is 0.136 e. The number of nitrogens with zero attached hydrogens (tertiary/aromatic N) is 1. The van der Waals surface area contributed by atoms with Crippen molar-refractivity contribution in [3.63, 3.8) is 0 Å². The molecule has 0 N–H and O–H groups in total. The van der Waals surface area contributed by atoms with Gasteiger partial charge in [0.25, 0.3) is 0 Å². The van der Waals surface area contributed by atoms with Crippen LogP contribution in [-0.2, 0) is 0 Å². The molecule has 0 saturated carbocycles. The second kappa shape index (κ2) is 12.7. The van der Waals surface area contributed by atoms with Crippen LogP contribution >= 0.6 is 0 Å². The Morgan fingerprint density at radius 3 is 1.55 bits per heavy atom. The highest BCUT2D eigenvalue weighted by atomic mass is 16.3. The van der Waals surface area contributed by atoms with Gasteiger partial charge in [0.15, 0.2) is 0 Å². The molecule has 1 heterocycles. The highest BCUT2D eigenvalue weighted by Gasteiger charge is 2.17. The molecule has 10 rings (SSSR count). The van der Waals surface area contributed by atoms with Gasteiger partial charge in [-0.15, -0.1) is 0 Å². The average molecular weight is 678 g/mol. The van der Waals surface area contributed by atoms with Crippen molar-refractivity contribution in [1.82, 2.24) is 0 Å². The Morgan fingerprint density at radius 1 is 0.358 bits per heavy atom. The molecule has 0 amide bonds. The van der Waals surface area contributed by atoms with Gasteiger partial charge in [0.2, 0.25) is 0 Å². The van der Waals surface area contributed by atoms with E-state index in [2.05, 4.69) is 206 Å². The van der Waals surface area contributed by atoms with E-state index >= 15 is 0 Å². The Kier molecular flexibility index (Phi) is 7.40. The molecule has 0 atom stereocenters. The number of anilines is 3. The maximum atomic E-state index is 6.29. The summed E-state index contributed by atoms with van der Waals surface area (Å²) in [4.78, 5) is 2.35. The second-order valence-electron chi connectivity index (χ2n) is 13.8. The summed E-state index contributed by atoms with van der Waals surface area (Å²) in [6.07, 6.45) is 0. The van der Waals surface area contributed by atoms with E-state index in [1.165, 1.54) is 65.7 Å². The van der Waals surface area contributed by atoms with Crippen LogP contribution in [-0.4, -0.2) is 0 Å². The van der Waals surface area contributed by atoms with Crippen LogP contribution in [0.25, 0.3) is 76.9 Å². The standard InChI is InChI=1S/C51H35NO/c1-34-11-9-19-48-50(34)51-44(18-10-20-49(51)53-48)37-23-29-41(30-24-37)52(40-27-21-36(22-28-40)35-12-3-2-4-13-35)42-31-25-38(26-32-42)47-33-39-14-5-6-15-43(39)45-16-7-8-17-46(45)47/h2-33H,1H3. The summed E-state index contributed by atoms with van der Waals surface area (Å²) in [7, 11) is 0. The third-order valence-electron chi connectivity index (χ3n) is 10.6. The Bertz CT molecular complexity index is 2920. The zero-order valence-corrected chi connectivity index (χ0v) is 29.3. The zero-order valence-electron chi connectivity index (χ0n) is 29.3. The minimum Gasteiger partial charge on any atom is -0.456 e. The lowest BCUT2D eigenvalue weighted by atomic mass is 9.93. The zero-order chi connectivity index (χ0) is 35.3. The van der Waals surface area contributed by atoms with Crippen molar-refractivity contribution in [2.75, 3.05) is 4.90 Å². The van der Waals surface area contributed by atoms with Crippen LogP contribution in [0.1, 0.15) is 5.56 Å². The van der Waals surface area contributed by atoms with E-state index in [0.29, 0.717) is 0 Å². The van der Waals surface area contributed by atoms with Crippen LogP contribution in [0.3, 0.4) is 0 Å². The number of fused-ring (bicyclic) bond motifs is 6. The van der Waals surface area contributed by atoms with Gasteiger partial charge in [-0.2, -0.15) is 0 Å². The van der Waals surface area contributed by atoms with E-state index in [4.69, 9.17) is 4.42 Å². The summed E-state index contributed by atoms with van der Waals surface area (Å²) in [6.45, 7) is 2.16. The van der Waals surface area contributed by atoms with Gasteiger partial charge in [0.1, 0.15) is 11.2 Å². The molecule has 0 unspecified atom stereocenters. The van der Waals surface area contributed by atoms with Gasteiger partial charge < -0.3 is 9.32 Å². The Balaban J connectivity index is 1.08. The third kappa shape index (κ3) is 5.35. The quantitative estimate of drug-likeness (QED) is 0.163. The molecule has 2 heteroatoms. The molecule has 0 aliphatic heterocycles.